The number of phenols is 1. The molecule has 1 saturated carbocycles. The molecule has 272 valence electrons. The van der Waals surface area contributed by atoms with Crippen molar-refractivity contribution < 1.29 is 25.2 Å². The SMILES string of the molecule is CN(CCCn1nnc2cc(CNC[C@H](O)c3ccc(O)c4[nH]c(=O)ccc34)ccc21)c1csc(C(O)(C(=O)O)c2cccs2)c1C1CCCCC1. The summed E-state index contributed by atoms with van der Waals surface area (Å²) < 4.78 is 1.89. The summed E-state index contributed by atoms with van der Waals surface area (Å²) in [6, 6.07) is 15.6. The van der Waals surface area contributed by atoms with Gasteiger partial charge in [0.2, 0.25) is 11.2 Å². The van der Waals surface area contributed by atoms with Gasteiger partial charge < -0.3 is 35.6 Å². The molecule has 2 aromatic carbocycles. The van der Waals surface area contributed by atoms with E-state index in [9.17, 15) is 30.0 Å². The van der Waals surface area contributed by atoms with Crippen molar-refractivity contribution in [1.29, 1.82) is 0 Å². The number of fused-ring (bicyclic) bond motifs is 2. The van der Waals surface area contributed by atoms with Crippen LogP contribution >= 0.6 is 22.7 Å². The van der Waals surface area contributed by atoms with Crippen molar-refractivity contribution >= 4 is 56.3 Å². The van der Waals surface area contributed by atoms with Crippen LogP contribution in [0.3, 0.4) is 0 Å². The van der Waals surface area contributed by atoms with Gasteiger partial charge in [0.25, 0.3) is 0 Å². The van der Waals surface area contributed by atoms with Crippen LogP contribution in [0.5, 0.6) is 5.75 Å². The summed E-state index contributed by atoms with van der Waals surface area (Å²) in [5, 5.41) is 59.7. The molecule has 6 N–H and O–H groups in total. The summed E-state index contributed by atoms with van der Waals surface area (Å²) in [4.78, 5) is 30.1. The number of nitrogens with zero attached hydrogens (tertiary/aromatic N) is 4. The van der Waals surface area contributed by atoms with Crippen LogP contribution < -0.4 is 15.8 Å². The molecule has 4 aromatic heterocycles. The summed E-state index contributed by atoms with van der Waals surface area (Å²) in [6.07, 6.45) is 5.23. The molecule has 12 nitrogen and oxygen atoms in total. The number of phenolic OH excluding ortho intramolecular Hbond substituents is 1. The van der Waals surface area contributed by atoms with Crippen LogP contribution in [-0.4, -0.2) is 66.5 Å². The van der Waals surface area contributed by atoms with Crippen LogP contribution in [0.4, 0.5) is 5.69 Å². The Hall–Kier alpha value is -4.60. The number of aromatic nitrogens is 4. The quantitative estimate of drug-likeness (QED) is 0.0798. The molecule has 0 bridgehead atoms. The second-order valence-electron chi connectivity index (χ2n) is 13.5. The third-order valence-electron chi connectivity index (χ3n) is 10.1. The van der Waals surface area contributed by atoms with Crippen LogP contribution in [0.15, 0.2) is 70.2 Å². The third kappa shape index (κ3) is 6.96. The van der Waals surface area contributed by atoms with E-state index in [0.29, 0.717) is 45.9 Å². The molecule has 0 spiro atoms. The number of pyridine rings is 1. The number of aromatic amines is 1. The van der Waals surface area contributed by atoms with E-state index >= 15 is 0 Å². The highest BCUT2D eigenvalue weighted by atomic mass is 32.1. The fraction of sp³-hybridized carbons (Fsp3) is 0.368. The number of carboxylic acid groups (broad SMARTS) is 1. The van der Waals surface area contributed by atoms with Gasteiger partial charge in [0.05, 0.1) is 32.6 Å². The molecule has 4 heterocycles. The van der Waals surface area contributed by atoms with Gasteiger partial charge in [0.1, 0.15) is 11.3 Å². The maximum absolute atomic E-state index is 12.7. The Morgan fingerprint density at radius 2 is 1.96 bits per heavy atom. The highest BCUT2D eigenvalue weighted by Crippen LogP contribution is 2.49. The van der Waals surface area contributed by atoms with Gasteiger partial charge in [-0.3, -0.25) is 4.79 Å². The zero-order valence-electron chi connectivity index (χ0n) is 28.8. The smallest absolute Gasteiger partial charge is 0.347 e. The number of aliphatic hydroxyl groups is 2. The first-order valence-corrected chi connectivity index (χ1v) is 19.3. The van der Waals surface area contributed by atoms with Crippen molar-refractivity contribution in [3.8, 4) is 5.75 Å². The van der Waals surface area contributed by atoms with Crippen molar-refractivity contribution in [1.82, 2.24) is 25.3 Å². The van der Waals surface area contributed by atoms with E-state index in [1.54, 1.807) is 29.6 Å². The number of carbonyl (C=O) groups is 1. The number of aliphatic hydroxyl groups excluding tert-OH is 1. The van der Waals surface area contributed by atoms with E-state index in [4.69, 9.17) is 0 Å². The minimum atomic E-state index is -2.08. The van der Waals surface area contributed by atoms with Crippen molar-refractivity contribution in [3.05, 3.63) is 102 Å². The molecule has 0 aliphatic heterocycles. The summed E-state index contributed by atoms with van der Waals surface area (Å²) in [6.45, 7) is 2.10. The number of aliphatic carboxylic acids is 1. The van der Waals surface area contributed by atoms with Crippen molar-refractivity contribution in [3.63, 3.8) is 0 Å². The maximum atomic E-state index is 12.7. The number of carboxylic acids is 1. The number of benzene rings is 2. The highest BCUT2D eigenvalue weighted by Gasteiger charge is 2.46. The molecule has 0 amide bonds. The monoisotopic (exact) mass is 742 g/mol. The minimum Gasteiger partial charge on any atom is -0.506 e. The van der Waals surface area contributed by atoms with E-state index in [1.165, 1.54) is 41.2 Å². The number of aryl methyl sites for hydroxylation is 1. The van der Waals surface area contributed by atoms with Gasteiger partial charge in [-0.2, -0.15) is 0 Å². The fourth-order valence-electron chi connectivity index (χ4n) is 7.40. The average Bonchev–Trinajstić information content (AvgIpc) is 3.93. The van der Waals surface area contributed by atoms with Gasteiger partial charge in [-0.25, -0.2) is 9.48 Å². The molecule has 2 atom stereocenters. The molecule has 52 heavy (non-hydrogen) atoms. The van der Waals surface area contributed by atoms with Gasteiger partial charge in [-0.05, 0) is 77.6 Å². The summed E-state index contributed by atoms with van der Waals surface area (Å²) in [5.74, 6) is -1.10. The summed E-state index contributed by atoms with van der Waals surface area (Å²) in [5.41, 5.74) is 3.12. The number of thiophene rings is 2. The van der Waals surface area contributed by atoms with Crippen LogP contribution in [0, 0.1) is 0 Å². The van der Waals surface area contributed by atoms with Crippen LogP contribution in [-0.2, 0) is 23.5 Å². The number of H-pyrrole nitrogens is 1. The van der Waals surface area contributed by atoms with Crippen LogP contribution in [0.1, 0.15) is 77.0 Å². The standard InChI is InChI=1S/C38H42N6O6S2/c1-43(29-22-52-36(34(29)24-7-3-2-4-8-24)38(50,37(48)49)32-9-5-18-51-32)16-6-17-44-28-13-10-23(19-27(28)41-42-44)20-39-21-31(46)25-11-14-30(45)35-26(25)12-15-33(47)40-35/h5,9-15,18-19,22,24,31,39,45-46,50H,2-4,6-8,16-17,20-21H2,1H3,(H,40,47)(H,48,49)/t31-,38?/m0/s1. The molecule has 0 radical (unpaired) electrons. The van der Waals surface area contributed by atoms with Gasteiger partial charge in [0.15, 0.2) is 0 Å². The van der Waals surface area contributed by atoms with Crippen molar-refractivity contribution in [2.75, 3.05) is 25.0 Å². The Labute approximate surface area is 308 Å². The minimum absolute atomic E-state index is 0.0496. The fourth-order valence-corrected chi connectivity index (χ4v) is 9.59. The highest BCUT2D eigenvalue weighted by molar-refractivity contribution is 7.12. The second kappa shape index (κ2) is 15.2. The zero-order valence-corrected chi connectivity index (χ0v) is 30.4. The van der Waals surface area contributed by atoms with Gasteiger partial charge in [0, 0.05) is 50.1 Å². The second-order valence-corrected chi connectivity index (χ2v) is 15.4. The molecular weight excluding hydrogens is 701 g/mol. The van der Waals surface area contributed by atoms with E-state index in [0.717, 1.165) is 60.0 Å². The Morgan fingerprint density at radius 3 is 2.73 bits per heavy atom. The molecule has 1 fully saturated rings. The molecular formula is C38H42N6O6S2. The van der Waals surface area contributed by atoms with Crippen molar-refractivity contribution in [2.45, 2.75) is 69.2 Å². The van der Waals surface area contributed by atoms with E-state index in [-0.39, 0.29) is 23.8 Å². The molecule has 6 aromatic rings. The lowest BCUT2D eigenvalue weighted by Crippen LogP contribution is -2.36. The number of aromatic hydroxyl groups is 1. The normalized spacial score (nSPS) is 15.6. The van der Waals surface area contributed by atoms with Crippen LogP contribution in [0.25, 0.3) is 21.9 Å². The average molecular weight is 743 g/mol. The Kier molecular flexibility index (Phi) is 10.4. The van der Waals surface area contributed by atoms with E-state index < -0.39 is 17.7 Å². The zero-order chi connectivity index (χ0) is 36.4. The van der Waals surface area contributed by atoms with E-state index in [1.807, 2.05) is 35.3 Å². The number of anilines is 1. The van der Waals surface area contributed by atoms with Gasteiger partial charge in [-0.1, -0.05) is 42.7 Å². The topological polar surface area (TPSA) is 177 Å². The first-order chi connectivity index (χ1) is 25.1. The third-order valence-corrected chi connectivity index (χ3v) is 12.2. The summed E-state index contributed by atoms with van der Waals surface area (Å²) in [7, 11) is 2.03. The van der Waals surface area contributed by atoms with E-state index in [2.05, 4.69) is 25.5 Å². The van der Waals surface area contributed by atoms with Crippen molar-refractivity contribution in [2.24, 2.45) is 0 Å². The maximum Gasteiger partial charge on any atom is 0.347 e. The first-order valence-electron chi connectivity index (χ1n) is 17.5. The van der Waals surface area contributed by atoms with Gasteiger partial charge in [-0.15, -0.1) is 27.8 Å². The number of nitrogens with one attached hydrogen (secondary N) is 2. The molecule has 1 unspecified atom stereocenters. The molecule has 7 rings (SSSR count). The van der Waals surface area contributed by atoms with Crippen LogP contribution in [0.2, 0.25) is 0 Å². The first kappa shape index (κ1) is 35.8. The Balaban J connectivity index is 0.997. The summed E-state index contributed by atoms with van der Waals surface area (Å²) >= 11 is 2.60. The lowest BCUT2D eigenvalue weighted by molar-refractivity contribution is -0.154. The predicted octanol–water partition coefficient (Wildman–Crippen LogP) is 5.82. The molecule has 1 aliphatic rings. The Morgan fingerprint density at radius 1 is 1.13 bits per heavy atom. The lowest BCUT2D eigenvalue weighted by Gasteiger charge is -2.30. The number of hydrogen-bond acceptors (Lipinski definition) is 11. The molecule has 1 aliphatic carbocycles. The molecule has 0 saturated heterocycles. The molecule has 14 heteroatoms. The lowest BCUT2D eigenvalue weighted by atomic mass is 9.80. The predicted molar refractivity (Wildman–Crippen MR) is 203 cm³/mol. The Bertz CT molecular complexity index is 2240. The number of rotatable bonds is 14. The largest absolute Gasteiger partial charge is 0.506 e. The van der Waals surface area contributed by atoms with Gasteiger partial charge >= 0.3 is 5.97 Å². The number of hydrogen-bond donors (Lipinski definition) is 6.